The first-order valence-corrected chi connectivity index (χ1v) is 5.63. The van der Waals surface area contributed by atoms with Gasteiger partial charge in [-0.2, -0.15) is 0 Å². The van der Waals surface area contributed by atoms with E-state index < -0.39 is 0 Å². The predicted octanol–water partition coefficient (Wildman–Crippen LogP) is -7.92. The smallest absolute Gasteiger partial charge is 1.00 e. The molecule has 1 atom stereocenters. The van der Waals surface area contributed by atoms with E-state index in [-0.39, 0.29) is 51.1 Å². The third-order valence-electron chi connectivity index (χ3n) is 0.819. The van der Waals surface area contributed by atoms with Crippen LogP contribution in [0.4, 0.5) is 0 Å². The molecule has 0 saturated heterocycles. The molecule has 5 heteroatoms. The monoisotopic (exact) mass is 358 g/mol. The van der Waals surface area contributed by atoms with Gasteiger partial charge in [-0.15, -0.1) is 0 Å². The van der Waals surface area contributed by atoms with Gasteiger partial charge in [0, 0.05) is 0 Å². The summed E-state index contributed by atoms with van der Waals surface area (Å²) in [5.41, 5.74) is 5.41. The Labute approximate surface area is 84.1 Å². The number of rotatable bonds is 2. The van der Waals surface area contributed by atoms with Gasteiger partial charge in [0.05, 0.1) is 0 Å². The van der Waals surface area contributed by atoms with Crippen LogP contribution in [0.15, 0.2) is 0 Å². The number of nitrogens with one attached hydrogen (secondary N) is 1. The maximum absolute atomic E-state index is 5.65. The van der Waals surface area contributed by atoms with Crippen molar-refractivity contribution in [2.75, 3.05) is 4.93 Å². The minimum absolute atomic E-state index is 0. The summed E-state index contributed by atoms with van der Waals surface area (Å²) < 4.78 is 0.969. The van der Waals surface area contributed by atoms with E-state index in [0.717, 1.165) is 3.22 Å². The van der Waals surface area contributed by atoms with Gasteiger partial charge in [0.15, 0.2) is 0 Å². The number of hydrogen-bond donors (Lipinski definition) is 3. The summed E-state index contributed by atoms with van der Waals surface area (Å²) in [5, 5.41) is 0. The summed E-state index contributed by atoms with van der Waals surface area (Å²) in [5.74, 6) is 5.59. The Hall–Kier alpha value is 1.34. The number of quaternary nitrogens is 1. The second-order valence-corrected chi connectivity index (χ2v) is 4.50. The summed E-state index contributed by atoms with van der Waals surface area (Å²) in [6.07, 6.45) is 0. The number of alkyl halides is 1. The third-order valence-corrected chi connectivity index (χ3v) is 3.37. The molecular formula is C4H14I2N3-. The second kappa shape index (κ2) is 5.05. The Morgan fingerprint density at radius 1 is 1.44 bits per heavy atom. The van der Waals surface area contributed by atoms with Crippen molar-refractivity contribution in [2.24, 2.45) is 11.6 Å². The van der Waals surface area contributed by atoms with Crippen molar-refractivity contribution in [1.29, 1.82) is 0 Å². The molecular weight excluding hydrogens is 344 g/mol. The van der Waals surface area contributed by atoms with E-state index in [2.05, 4.69) is 4.93 Å². The first kappa shape index (κ1) is 13.0. The van der Waals surface area contributed by atoms with Crippen LogP contribution >= 0.6 is 0 Å². The first-order chi connectivity index (χ1) is 3.48. The van der Waals surface area contributed by atoms with Crippen LogP contribution in [-0.4, -0.2) is 10.6 Å². The summed E-state index contributed by atoms with van der Waals surface area (Å²) in [6, 6.07) is 0. The maximum Gasteiger partial charge on any atom is -1.00 e. The summed E-state index contributed by atoms with van der Waals surface area (Å²) >= 11 is 0.0243. The van der Waals surface area contributed by atoms with Crippen molar-refractivity contribution in [3.8, 4) is 0 Å². The van der Waals surface area contributed by atoms with Gasteiger partial charge in [-0.3, -0.25) is 0 Å². The van der Waals surface area contributed by atoms with Crippen LogP contribution in [0.2, 0.25) is 0 Å². The molecule has 0 saturated carbocycles. The van der Waals surface area contributed by atoms with Crippen LogP contribution in [-0.2, 0) is 0 Å². The third kappa shape index (κ3) is 5.77. The van der Waals surface area contributed by atoms with E-state index in [9.17, 15) is 0 Å². The standard InChI is InChI=1S/C4H14IN3.HI/c1-4(2,6)8(7)5-3;/h8H,6-7H2,1-3H3;1H/p-1. The van der Waals surface area contributed by atoms with Crippen molar-refractivity contribution < 1.29 is 48.7 Å². The number of halogens is 2. The molecule has 0 aliphatic rings. The van der Waals surface area contributed by atoms with Crippen LogP contribution < -0.4 is 60.3 Å². The Morgan fingerprint density at radius 2 is 1.78 bits per heavy atom. The van der Waals surface area contributed by atoms with Gasteiger partial charge < -0.3 is 24.0 Å². The molecule has 0 rings (SSSR count). The van der Waals surface area contributed by atoms with Gasteiger partial charge in [0.1, 0.15) is 0 Å². The van der Waals surface area contributed by atoms with Crippen LogP contribution in [0.3, 0.4) is 0 Å². The number of hydrogen-bond acceptors (Lipinski definition) is 2. The van der Waals surface area contributed by atoms with E-state index >= 15 is 0 Å². The molecule has 0 fully saturated rings. The molecule has 60 valence electrons. The summed E-state index contributed by atoms with van der Waals surface area (Å²) in [7, 11) is 0. The van der Waals surface area contributed by atoms with E-state index in [1.54, 1.807) is 0 Å². The molecule has 5 N–H and O–H groups in total. The van der Waals surface area contributed by atoms with Crippen LogP contribution in [0.5, 0.6) is 0 Å². The molecule has 0 heterocycles. The Morgan fingerprint density at radius 3 is 1.78 bits per heavy atom. The molecule has 0 radical (unpaired) electrons. The minimum Gasteiger partial charge on any atom is -1.00 e. The summed E-state index contributed by atoms with van der Waals surface area (Å²) in [4.78, 5) is 2.11. The molecule has 3 nitrogen and oxygen atoms in total. The van der Waals surface area contributed by atoms with Gasteiger partial charge >= 0.3 is 60.7 Å². The Balaban J connectivity index is 0. The van der Waals surface area contributed by atoms with Crippen molar-refractivity contribution in [3.63, 3.8) is 0 Å². The van der Waals surface area contributed by atoms with Crippen molar-refractivity contribution >= 4 is 0 Å². The molecule has 0 spiro atoms. The van der Waals surface area contributed by atoms with Crippen molar-refractivity contribution in [1.82, 2.24) is 0 Å². The quantitative estimate of drug-likeness (QED) is 0.115. The SMILES string of the molecule is C[I-][NH+](N)C(C)(C)N.[I-]. The predicted molar refractivity (Wildman–Crippen MR) is 29.3 cm³/mol. The summed E-state index contributed by atoms with van der Waals surface area (Å²) in [6.45, 7) is 3.87. The molecule has 0 aliphatic carbocycles. The normalized spacial score (nSPS) is 14.8. The molecule has 0 bridgehead atoms. The largest absolute Gasteiger partial charge is 1.00 e. The molecule has 1 unspecified atom stereocenters. The van der Waals surface area contributed by atoms with Gasteiger partial charge in [-0.1, -0.05) is 0 Å². The molecule has 0 amide bonds. The van der Waals surface area contributed by atoms with Gasteiger partial charge in [0.2, 0.25) is 0 Å². The molecule has 0 aliphatic heterocycles. The van der Waals surface area contributed by atoms with Crippen LogP contribution in [0.25, 0.3) is 0 Å². The van der Waals surface area contributed by atoms with Crippen molar-refractivity contribution in [3.05, 3.63) is 0 Å². The Kier molecular flexibility index (Phi) is 7.28. The fourth-order valence-electron chi connectivity index (χ4n) is 0.244. The van der Waals surface area contributed by atoms with Gasteiger partial charge in [-0.05, 0) is 0 Å². The first-order valence-electron chi connectivity index (χ1n) is 2.39. The minimum atomic E-state index is -0.248. The Bertz CT molecular complexity index is 70.7. The molecule has 0 aromatic carbocycles. The fourth-order valence-corrected chi connectivity index (χ4v) is 1.63. The van der Waals surface area contributed by atoms with Crippen molar-refractivity contribution in [2.45, 2.75) is 19.5 Å². The van der Waals surface area contributed by atoms with Gasteiger partial charge in [-0.25, -0.2) is 0 Å². The number of nitrogens with two attached hydrogens (primary N) is 2. The second-order valence-electron chi connectivity index (χ2n) is 2.26. The van der Waals surface area contributed by atoms with E-state index in [0.29, 0.717) is 0 Å². The van der Waals surface area contributed by atoms with E-state index in [1.165, 1.54) is 0 Å². The van der Waals surface area contributed by atoms with E-state index in [4.69, 9.17) is 11.6 Å². The zero-order valence-corrected chi connectivity index (χ0v) is 10.2. The fraction of sp³-hybridized carbons (Fsp3) is 1.00. The zero-order chi connectivity index (χ0) is 6.78. The topological polar surface area (TPSA) is 56.5 Å². The van der Waals surface area contributed by atoms with Crippen LogP contribution in [0.1, 0.15) is 13.8 Å². The van der Waals surface area contributed by atoms with Gasteiger partial charge in [0.25, 0.3) is 0 Å². The van der Waals surface area contributed by atoms with E-state index in [1.807, 2.05) is 13.8 Å². The molecule has 9 heavy (non-hydrogen) atoms. The zero-order valence-electron chi connectivity index (χ0n) is 5.91. The molecule has 0 aromatic rings. The average Bonchev–Trinajstić information content (AvgIpc) is 1.62. The molecule has 0 aromatic heterocycles. The van der Waals surface area contributed by atoms with Crippen LogP contribution in [0, 0.1) is 0 Å². The average molecular weight is 358 g/mol. The maximum atomic E-state index is 5.65.